The van der Waals surface area contributed by atoms with Crippen molar-refractivity contribution >= 4 is 17.6 Å². The Kier molecular flexibility index (Phi) is 7.10. The average molecular weight is 372 g/mol. The number of carbonyl (C=O) groups is 1. The predicted octanol–water partition coefficient (Wildman–Crippen LogP) is 2.35. The van der Waals surface area contributed by atoms with Crippen molar-refractivity contribution in [3.05, 3.63) is 29.8 Å². The van der Waals surface area contributed by atoms with Crippen LogP contribution in [0.4, 0.5) is 5.69 Å². The van der Waals surface area contributed by atoms with Gasteiger partial charge >= 0.3 is 0 Å². The molecule has 0 saturated carbocycles. The Morgan fingerprint density at radius 2 is 1.85 bits per heavy atom. The second-order valence-electron chi connectivity index (χ2n) is 7.43. The number of likely N-dealkylation sites (tertiary alicyclic amines) is 1. The molecule has 2 heterocycles. The quantitative estimate of drug-likeness (QED) is 0.571. The molecule has 1 amide bonds. The number of hydrogen-bond acceptors (Lipinski definition) is 3. The molecule has 2 aliphatic heterocycles. The molecule has 1 atom stereocenters. The zero-order chi connectivity index (χ0) is 19.1. The van der Waals surface area contributed by atoms with E-state index in [-0.39, 0.29) is 5.91 Å². The van der Waals surface area contributed by atoms with E-state index in [4.69, 9.17) is 0 Å². The summed E-state index contributed by atoms with van der Waals surface area (Å²) in [5, 5.41) is 6.87. The highest BCUT2D eigenvalue weighted by Gasteiger charge is 2.22. The molecule has 0 bridgehead atoms. The molecular formula is C21H33N5O. The zero-order valence-electron chi connectivity index (χ0n) is 16.7. The summed E-state index contributed by atoms with van der Waals surface area (Å²) in [5.41, 5.74) is 2.18. The highest BCUT2D eigenvalue weighted by molar-refractivity contribution is 5.95. The number of nitrogens with zero attached hydrogens (tertiary/aromatic N) is 3. The van der Waals surface area contributed by atoms with Crippen molar-refractivity contribution in [3.63, 3.8) is 0 Å². The van der Waals surface area contributed by atoms with Crippen LogP contribution in [0.5, 0.6) is 0 Å². The van der Waals surface area contributed by atoms with E-state index >= 15 is 0 Å². The topological polar surface area (TPSA) is 60.0 Å². The van der Waals surface area contributed by atoms with Crippen molar-refractivity contribution < 1.29 is 4.79 Å². The smallest absolute Gasteiger partial charge is 0.227 e. The first-order chi connectivity index (χ1) is 13.2. The molecule has 6 nitrogen and oxygen atoms in total. The maximum Gasteiger partial charge on any atom is 0.227 e. The molecule has 1 unspecified atom stereocenters. The highest BCUT2D eigenvalue weighted by atomic mass is 16.2. The lowest BCUT2D eigenvalue weighted by Crippen LogP contribution is -2.46. The van der Waals surface area contributed by atoms with E-state index in [0.29, 0.717) is 19.0 Å². The van der Waals surface area contributed by atoms with Gasteiger partial charge in [-0.15, -0.1) is 0 Å². The first kappa shape index (κ1) is 19.7. The van der Waals surface area contributed by atoms with Gasteiger partial charge < -0.3 is 15.5 Å². The molecular weight excluding hydrogens is 338 g/mol. The van der Waals surface area contributed by atoms with Gasteiger partial charge in [-0.3, -0.25) is 14.7 Å². The van der Waals surface area contributed by atoms with Crippen molar-refractivity contribution in [2.75, 3.05) is 38.1 Å². The molecule has 3 rings (SSSR count). The van der Waals surface area contributed by atoms with Crippen LogP contribution in [0.15, 0.2) is 29.3 Å². The Morgan fingerprint density at radius 1 is 1.11 bits per heavy atom. The molecule has 2 saturated heterocycles. The van der Waals surface area contributed by atoms with Gasteiger partial charge in [-0.2, -0.15) is 0 Å². The van der Waals surface area contributed by atoms with Crippen LogP contribution >= 0.6 is 0 Å². The van der Waals surface area contributed by atoms with E-state index in [0.717, 1.165) is 37.6 Å². The van der Waals surface area contributed by atoms with Gasteiger partial charge in [0.25, 0.3) is 0 Å². The van der Waals surface area contributed by atoms with Gasteiger partial charge in [-0.25, -0.2) is 0 Å². The lowest BCUT2D eigenvalue weighted by molar-refractivity contribution is -0.117. The summed E-state index contributed by atoms with van der Waals surface area (Å²) in [4.78, 5) is 20.7. The summed E-state index contributed by atoms with van der Waals surface area (Å²) in [6, 6.07) is 8.82. The van der Waals surface area contributed by atoms with Crippen LogP contribution in [0.2, 0.25) is 0 Å². The normalized spacial score (nSPS) is 19.6. The van der Waals surface area contributed by atoms with Crippen LogP contribution < -0.4 is 15.5 Å². The van der Waals surface area contributed by atoms with Gasteiger partial charge in [0.2, 0.25) is 5.91 Å². The summed E-state index contributed by atoms with van der Waals surface area (Å²) >= 11 is 0. The molecule has 148 valence electrons. The molecule has 1 aromatic rings. The van der Waals surface area contributed by atoms with Crippen LogP contribution in [0.1, 0.15) is 44.6 Å². The van der Waals surface area contributed by atoms with E-state index in [1.54, 1.807) is 0 Å². The number of nitrogens with one attached hydrogen (secondary N) is 2. The Morgan fingerprint density at radius 3 is 2.44 bits per heavy atom. The first-order valence-electron chi connectivity index (χ1n) is 10.3. The minimum absolute atomic E-state index is 0.231. The molecule has 27 heavy (non-hydrogen) atoms. The Bertz CT molecular complexity index is 636. The third-order valence-corrected chi connectivity index (χ3v) is 5.64. The van der Waals surface area contributed by atoms with Gasteiger partial charge in [0.15, 0.2) is 5.96 Å². The number of hydrogen-bond donors (Lipinski definition) is 2. The van der Waals surface area contributed by atoms with Gasteiger partial charge in [0, 0.05) is 44.8 Å². The number of guanidine groups is 1. The minimum atomic E-state index is 0.231. The van der Waals surface area contributed by atoms with Gasteiger partial charge in [0.05, 0.1) is 0 Å². The van der Waals surface area contributed by atoms with Crippen molar-refractivity contribution in [1.29, 1.82) is 0 Å². The molecule has 0 spiro atoms. The van der Waals surface area contributed by atoms with Crippen molar-refractivity contribution in [2.45, 2.75) is 51.6 Å². The number of amides is 1. The van der Waals surface area contributed by atoms with Crippen LogP contribution in [0, 0.1) is 0 Å². The number of aliphatic imine (C=N–C) groups is 1. The van der Waals surface area contributed by atoms with E-state index in [1.165, 1.54) is 31.5 Å². The van der Waals surface area contributed by atoms with E-state index in [2.05, 4.69) is 39.6 Å². The Labute approximate surface area is 163 Å². The Balaban J connectivity index is 1.46. The van der Waals surface area contributed by atoms with Crippen LogP contribution in [0.25, 0.3) is 0 Å². The van der Waals surface area contributed by atoms with Crippen LogP contribution in [0.3, 0.4) is 0 Å². The molecule has 0 aliphatic carbocycles. The lowest BCUT2D eigenvalue weighted by atomic mass is 10.2. The summed E-state index contributed by atoms with van der Waals surface area (Å²) < 4.78 is 0. The number of benzene rings is 1. The third-order valence-electron chi connectivity index (χ3n) is 5.64. The molecule has 0 aromatic heterocycles. The van der Waals surface area contributed by atoms with Crippen molar-refractivity contribution in [3.8, 4) is 0 Å². The zero-order valence-corrected chi connectivity index (χ0v) is 16.7. The third kappa shape index (κ3) is 5.22. The molecule has 2 aliphatic rings. The average Bonchev–Trinajstić information content (AvgIpc) is 3.37. The minimum Gasteiger partial charge on any atom is -0.355 e. The predicted molar refractivity (Wildman–Crippen MR) is 111 cm³/mol. The maximum absolute atomic E-state index is 11.8. The molecule has 0 radical (unpaired) electrons. The SMILES string of the molecule is CCC(CNC(=NC)NCc1ccc(N2CCCC2=O)cc1)N1CCCC1. The summed E-state index contributed by atoms with van der Waals surface area (Å²) in [6.45, 7) is 7.17. The second kappa shape index (κ2) is 9.74. The molecule has 1 aromatic carbocycles. The lowest BCUT2D eigenvalue weighted by Gasteiger charge is -2.27. The van der Waals surface area contributed by atoms with Crippen LogP contribution in [-0.4, -0.2) is 56.0 Å². The fourth-order valence-electron chi connectivity index (χ4n) is 3.97. The van der Waals surface area contributed by atoms with E-state index in [1.807, 2.05) is 24.1 Å². The van der Waals surface area contributed by atoms with Crippen LogP contribution in [-0.2, 0) is 11.3 Å². The highest BCUT2D eigenvalue weighted by Crippen LogP contribution is 2.21. The number of carbonyl (C=O) groups excluding carboxylic acids is 1. The number of anilines is 1. The van der Waals surface area contributed by atoms with Crippen molar-refractivity contribution in [1.82, 2.24) is 15.5 Å². The first-order valence-corrected chi connectivity index (χ1v) is 10.3. The van der Waals surface area contributed by atoms with E-state index in [9.17, 15) is 4.79 Å². The summed E-state index contributed by atoms with van der Waals surface area (Å²) in [5.74, 6) is 1.07. The standard InChI is InChI=1S/C21H33N5O/c1-3-18(25-12-4-5-13-25)16-24-21(22-2)23-15-17-8-10-19(11-9-17)26-14-6-7-20(26)27/h8-11,18H,3-7,12-16H2,1-2H3,(H2,22,23,24). The Hall–Kier alpha value is -2.08. The summed E-state index contributed by atoms with van der Waals surface area (Å²) in [7, 11) is 1.81. The molecule has 2 N–H and O–H groups in total. The monoisotopic (exact) mass is 371 g/mol. The van der Waals surface area contributed by atoms with Gasteiger partial charge in [-0.1, -0.05) is 19.1 Å². The summed E-state index contributed by atoms with van der Waals surface area (Å²) in [6.07, 6.45) is 5.42. The van der Waals surface area contributed by atoms with E-state index < -0.39 is 0 Å². The fraction of sp³-hybridized carbons (Fsp3) is 0.619. The molecule has 6 heteroatoms. The van der Waals surface area contributed by atoms with Crippen molar-refractivity contribution in [2.24, 2.45) is 4.99 Å². The molecule has 2 fully saturated rings. The second-order valence-corrected chi connectivity index (χ2v) is 7.43. The maximum atomic E-state index is 11.8. The fourth-order valence-corrected chi connectivity index (χ4v) is 3.97. The van der Waals surface area contributed by atoms with Gasteiger partial charge in [0.1, 0.15) is 0 Å². The largest absolute Gasteiger partial charge is 0.355 e. The van der Waals surface area contributed by atoms with Gasteiger partial charge in [-0.05, 0) is 56.5 Å². The number of rotatable bonds is 7.